The Balaban J connectivity index is 1.68. The molecule has 27 heavy (non-hydrogen) atoms. The van der Waals surface area contributed by atoms with Crippen molar-refractivity contribution < 1.29 is 19.4 Å². The summed E-state index contributed by atoms with van der Waals surface area (Å²) in [5.41, 5.74) is 0.426. The summed E-state index contributed by atoms with van der Waals surface area (Å²) in [5.74, 6) is 0.945. The van der Waals surface area contributed by atoms with Gasteiger partial charge in [0.25, 0.3) is 5.91 Å². The number of ether oxygens (including phenoxy) is 2. The molecule has 1 aromatic heterocycles. The van der Waals surface area contributed by atoms with Crippen LogP contribution in [0.2, 0.25) is 0 Å². The largest absolute Gasteiger partial charge is 0.481 e. The molecule has 0 radical (unpaired) electrons. The molecule has 1 aromatic rings. The summed E-state index contributed by atoms with van der Waals surface area (Å²) < 4.78 is 10.4. The van der Waals surface area contributed by atoms with Gasteiger partial charge in [-0.3, -0.25) is 4.79 Å². The van der Waals surface area contributed by atoms with E-state index in [1.807, 2.05) is 4.90 Å². The molecule has 2 saturated heterocycles. The molecule has 0 aromatic carbocycles. The molecular weight excluding hydrogens is 348 g/mol. The lowest BCUT2D eigenvalue weighted by molar-refractivity contribution is 0.0772. The van der Waals surface area contributed by atoms with Gasteiger partial charge in [0.1, 0.15) is 5.56 Å². The van der Waals surface area contributed by atoms with Crippen LogP contribution in [0.3, 0.4) is 0 Å². The first kappa shape index (κ1) is 19.9. The SMILES string of the molecule is COc1ccc(C(=O)N2C[C@@H](CN3CCN(C)CC3)[C@@H](CO)C2)c(OC)n1. The quantitative estimate of drug-likeness (QED) is 0.748. The molecule has 0 aliphatic carbocycles. The van der Waals surface area contributed by atoms with Gasteiger partial charge >= 0.3 is 0 Å². The molecule has 1 amide bonds. The minimum Gasteiger partial charge on any atom is -0.481 e. The van der Waals surface area contributed by atoms with Crippen LogP contribution in [0.25, 0.3) is 0 Å². The highest BCUT2D eigenvalue weighted by Crippen LogP contribution is 2.28. The molecule has 2 fully saturated rings. The normalized spacial score (nSPS) is 24.2. The molecule has 0 spiro atoms. The predicted molar refractivity (Wildman–Crippen MR) is 101 cm³/mol. The molecule has 3 rings (SSSR count). The van der Waals surface area contributed by atoms with E-state index in [1.54, 1.807) is 12.1 Å². The Hall–Kier alpha value is -1.90. The van der Waals surface area contributed by atoms with Crippen molar-refractivity contribution in [1.82, 2.24) is 19.7 Å². The molecule has 8 nitrogen and oxygen atoms in total. The zero-order valence-corrected chi connectivity index (χ0v) is 16.4. The second-order valence-electron chi connectivity index (χ2n) is 7.43. The lowest BCUT2D eigenvalue weighted by atomic mass is 9.96. The fourth-order valence-corrected chi connectivity index (χ4v) is 3.91. The van der Waals surface area contributed by atoms with Crippen molar-refractivity contribution in [2.75, 3.05) is 73.7 Å². The first-order valence-electron chi connectivity index (χ1n) is 9.45. The van der Waals surface area contributed by atoms with E-state index < -0.39 is 0 Å². The maximum Gasteiger partial charge on any atom is 0.259 e. The minimum atomic E-state index is -0.110. The van der Waals surface area contributed by atoms with Crippen molar-refractivity contribution in [1.29, 1.82) is 0 Å². The Bertz CT molecular complexity index is 649. The van der Waals surface area contributed by atoms with Crippen LogP contribution in [0.15, 0.2) is 12.1 Å². The number of carbonyl (C=O) groups is 1. The molecule has 2 aliphatic heterocycles. The molecule has 2 aliphatic rings. The van der Waals surface area contributed by atoms with Crippen molar-refractivity contribution in [3.63, 3.8) is 0 Å². The number of methoxy groups -OCH3 is 2. The van der Waals surface area contributed by atoms with Gasteiger partial charge in [-0.25, -0.2) is 0 Å². The van der Waals surface area contributed by atoms with E-state index in [2.05, 4.69) is 21.8 Å². The Morgan fingerprint density at radius 2 is 1.85 bits per heavy atom. The number of pyridine rings is 1. The highest BCUT2D eigenvalue weighted by Gasteiger charge is 2.37. The number of likely N-dealkylation sites (N-methyl/N-ethyl adjacent to an activating group) is 1. The van der Waals surface area contributed by atoms with Crippen molar-refractivity contribution >= 4 is 5.91 Å². The van der Waals surface area contributed by atoms with Crippen LogP contribution in [0, 0.1) is 11.8 Å². The van der Waals surface area contributed by atoms with Crippen LogP contribution in [0.1, 0.15) is 10.4 Å². The van der Waals surface area contributed by atoms with E-state index in [9.17, 15) is 9.90 Å². The number of aliphatic hydroxyl groups is 1. The number of hydrogen-bond acceptors (Lipinski definition) is 7. The average Bonchev–Trinajstić information content (AvgIpc) is 3.11. The first-order valence-corrected chi connectivity index (χ1v) is 9.45. The fourth-order valence-electron chi connectivity index (χ4n) is 3.91. The third-order valence-corrected chi connectivity index (χ3v) is 5.65. The van der Waals surface area contributed by atoms with Crippen LogP contribution < -0.4 is 9.47 Å². The summed E-state index contributed by atoms with van der Waals surface area (Å²) in [6, 6.07) is 3.35. The summed E-state index contributed by atoms with van der Waals surface area (Å²) in [5, 5.41) is 9.83. The maximum atomic E-state index is 13.0. The van der Waals surface area contributed by atoms with Crippen LogP contribution in [0.5, 0.6) is 11.8 Å². The molecule has 0 saturated carbocycles. The van der Waals surface area contributed by atoms with Gasteiger partial charge in [-0.15, -0.1) is 0 Å². The summed E-state index contributed by atoms with van der Waals surface area (Å²) in [7, 11) is 5.16. The first-order chi connectivity index (χ1) is 13.0. The molecule has 1 N–H and O–H groups in total. The molecule has 0 unspecified atom stereocenters. The van der Waals surface area contributed by atoms with Crippen molar-refractivity contribution in [2.45, 2.75) is 0 Å². The molecular formula is C19H30N4O4. The predicted octanol–water partition coefficient (Wildman–Crippen LogP) is 0.0267. The highest BCUT2D eigenvalue weighted by molar-refractivity contribution is 5.96. The third kappa shape index (κ3) is 4.51. The Kier molecular flexibility index (Phi) is 6.51. The van der Waals surface area contributed by atoms with Gasteiger partial charge in [-0.2, -0.15) is 4.98 Å². The van der Waals surface area contributed by atoms with E-state index in [4.69, 9.17) is 9.47 Å². The van der Waals surface area contributed by atoms with Gasteiger partial charge in [0.2, 0.25) is 11.8 Å². The Morgan fingerprint density at radius 1 is 1.15 bits per heavy atom. The second-order valence-corrected chi connectivity index (χ2v) is 7.43. The number of amides is 1. The molecule has 0 bridgehead atoms. The van der Waals surface area contributed by atoms with Gasteiger partial charge in [-0.1, -0.05) is 0 Å². The monoisotopic (exact) mass is 378 g/mol. The lowest BCUT2D eigenvalue weighted by Gasteiger charge is -2.34. The van der Waals surface area contributed by atoms with Crippen molar-refractivity contribution in [2.24, 2.45) is 11.8 Å². The third-order valence-electron chi connectivity index (χ3n) is 5.65. The lowest BCUT2D eigenvalue weighted by Crippen LogP contribution is -2.47. The average molecular weight is 378 g/mol. The van der Waals surface area contributed by atoms with Gasteiger partial charge in [0.15, 0.2) is 0 Å². The number of aliphatic hydroxyl groups excluding tert-OH is 1. The topological polar surface area (TPSA) is 78.4 Å². The Morgan fingerprint density at radius 3 is 2.48 bits per heavy atom. The van der Waals surface area contributed by atoms with Crippen LogP contribution >= 0.6 is 0 Å². The van der Waals surface area contributed by atoms with Crippen molar-refractivity contribution in [3.05, 3.63) is 17.7 Å². The van der Waals surface area contributed by atoms with E-state index in [0.29, 0.717) is 24.5 Å². The van der Waals surface area contributed by atoms with Gasteiger partial charge in [0.05, 0.1) is 14.2 Å². The number of carbonyl (C=O) groups excluding carboxylic acids is 1. The fraction of sp³-hybridized carbons (Fsp3) is 0.684. The van der Waals surface area contributed by atoms with E-state index in [0.717, 1.165) is 32.7 Å². The minimum absolute atomic E-state index is 0.0974. The van der Waals surface area contributed by atoms with E-state index in [-0.39, 0.29) is 30.2 Å². The summed E-state index contributed by atoms with van der Waals surface area (Å²) >= 11 is 0. The molecule has 3 heterocycles. The van der Waals surface area contributed by atoms with Gasteiger partial charge in [0, 0.05) is 64.4 Å². The number of aromatic nitrogens is 1. The zero-order chi connectivity index (χ0) is 19.4. The van der Waals surface area contributed by atoms with Crippen molar-refractivity contribution in [3.8, 4) is 11.8 Å². The zero-order valence-electron chi connectivity index (χ0n) is 16.4. The molecule has 8 heteroatoms. The van der Waals surface area contributed by atoms with Crippen LogP contribution in [0.4, 0.5) is 0 Å². The summed E-state index contributed by atoms with van der Waals surface area (Å²) in [6.07, 6.45) is 0. The Labute approximate surface area is 160 Å². The number of rotatable bonds is 6. The van der Waals surface area contributed by atoms with Crippen LogP contribution in [-0.2, 0) is 0 Å². The van der Waals surface area contributed by atoms with Gasteiger partial charge in [-0.05, 0) is 19.0 Å². The summed E-state index contributed by atoms with van der Waals surface area (Å²) in [4.78, 5) is 23.8. The second kappa shape index (κ2) is 8.86. The maximum absolute atomic E-state index is 13.0. The smallest absolute Gasteiger partial charge is 0.259 e. The standard InChI is InChI=1S/C19H30N4O4/c1-21-6-8-22(9-7-21)10-14-11-23(12-15(14)13-24)19(25)16-4-5-17(26-2)20-18(16)27-3/h4-5,14-15,24H,6-13H2,1-3H3/t14-,15-/m1/s1. The number of piperazine rings is 1. The van der Waals surface area contributed by atoms with Crippen LogP contribution in [-0.4, -0.2) is 104 Å². The highest BCUT2D eigenvalue weighted by atomic mass is 16.5. The molecule has 150 valence electrons. The van der Waals surface area contributed by atoms with Gasteiger partial charge < -0.3 is 29.3 Å². The number of likely N-dealkylation sites (tertiary alicyclic amines) is 1. The number of hydrogen-bond donors (Lipinski definition) is 1. The number of nitrogens with zero attached hydrogens (tertiary/aromatic N) is 4. The summed E-state index contributed by atoms with van der Waals surface area (Å²) in [6.45, 7) is 6.42. The van der Waals surface area contributed by atoms with E-state index >= 15 is 0 Å². The van der Waals surface area contributed by atoms with E-state index in [1.165, 1.54) is 14.2 Å². The molecule has 2 atom stereocenters.